The van der Waals surface area contributed by atoms with Crippen molar-refractivity contribution in [2.45, 2.75) is 64.4 Å². The van der Waals surface area contributed by atoms with E-state index >= 15 is 4.79 Å². The second kappa shape index (κ2) is 15.6. The van der Waals surface area contributed by atoms with Gasteiger partial charge in [0.05, 0.1) is 23.6 Å². The summed E-state index contributed by atoms with van der Waals surface area (Å²) in [6, 6.07) is 33.4. The highest BCUT2D eigenvalue weighted by molar-refractivity contribution is 7.96. The first kappa shape index (κ1) is 39.7. The van der Waals surface area contributed by atoms with Crippen LogP contribution in [0.4, 0.5) is 0 Å². The fourth-order valence-electron chi connectivity index (χ4n) is 7.26. The number of ether oxygens (including phenoxy) is 1. The number of hydrogen-bond donors (Lipinski definition) is 0. The Hall–Kier alpha value is -5.02. The van der Waals surface area contributed by atoms with Crippen molar-refractivity contribution in [1.82, 2.24) is 9.47 Å². The summed E-state index contributed by atoms with van der Waals surface area (Å²) < 4.78 is 19.6. The highest BCUT2D eigenvalue weighted by Gasteiger charge is 2.57. The van der Waals surface area contributed by atoms with E-state index in [2.05, 4.69) is 40.4 Å². The van der Waals surface area contributed by atoms with Crippen molar-refractivity contribution in [1.29, 1.82) is 0 Å². The molecule has 1 aromatic heterocycles. The predicted molar refractivity (Wildman–Crippen MR) is 224 cm³/mol. The second-order valence-corrected chi connectivity index (χ2v) is 23.6. The fourth-order valence-corrected chi connectivity index (χ4v) is 13.1. The summed E-state index contributed by atoms with van der Waals surface area (Å²) in [5.74, 6) is -2.54. The lowest BCUT2D eigenvalue weighted by atomic mass is 9.79. The molecule has 1 aliphatic heterocycles. The molecule has 4 aromatic carbocycles. The van der Waals surface area contributed by atoms with Gasteiger partial charge in [-0.25, -0.2) is 9.59 Å². The summed E-state index contributed by atoms with van der Waals surface area (Å²) in [6.45, 7) is 13.1. The largest absolute Gasteiger partial charge is 0.457 e. The molecule has 1 amide bonds. The van der Waals surface area contributed by atoms with Crippen molar-refractivity contribution in [2.24, 2.45) is 13.0 Å². The highest BCUT2D eigenvalue weighted by atomic mass is 31.2. The van der Waals surface area contributed by atoms with E-state index in [0.29, 0.717) is 11.1 Å². The number of benzene rings is 4. The second-order valence-electron chi connectivity index (χ2n) is 15.5. The predicted octanol–water partition coefficient (Wildman–Crippen LogP) is 6.79. The van der Waals surface area contributed by atoms with Crippen molar-refractivity contribution in [3.8, 4) is 0 Å². The van der Waals surface area contributed by atoms with Gasteiger partial charge in [-0.1, -0.05) is 124 Å². The molecule has 0 saturated carbocycles. The fraction of sp³-hybridized carbons (Fsp3) is 0.295. The van der Waals surface area contributed by atoms with E-state index in [-0.39, 0.29) is 40.8 Å². The van der Waals surface area contributed by atoms with E-state index < -0.39 is 45.0 Å². The van der Waals surface area contributed by atoms with E-state index in [1.807, 2.05) is 97.9 Å². The van der Waals surface area contributed by atoms with Crippen LogP contribution in [0.25, 0.3) is 11.1 Å². The van der Waals surface area contributed by atoms with Gasteiger partial charge in [0.15, 0.2) is 19.7 Å². The van der Waals surface area contributed by atoms with Crippen LogP contribution < -0.4 is 21.7 Å². The standard InChI is InChI=1S/C44H49N2O7PSi/c1-9-27-51-42(49)41(54(32-19-13-10-14-20-32,33-21-15-11-16-22-33)34-23-17-12-18-24-34)46-36(39(40(46)48)30(2)53-55(7,8)44(3,4)5)29-37(47)31-25-26-35-38(28-31)52-43(50)45(35)6/h9-26,28,30,36,39H,1,27,29H2,2-8H3/t30?,36-,39-/m1/s1. The molecule has 0 spiro atoms. The maximum Gasteiger partial charge on any atom is 0.419 e. The van der Waals surface area contributed by atoms with Crippen molar-refractivity contribution in [3.05, 3.63) is 138 Å². The number of carbonyl (C=O) groups excluding carboxylic acids is 3. The number of nitrogens with zero attached hydrogens (tertiary/aromatic N) is 2. The Morgan fingerprint density at radius 3 is 1.91 bits per heavy atom. The van der Waals surface area contributed by atoms with Crippen molar-refractivity contribution < 1.29 is 28.0 Å². The lowest BCUT2D eigenvalue weighted by Crippen LogP contribution is -2.69. The molecular weight excluding hydrogens is 728 g/mol. The van der Waals surface area contributed by atoms with Gasteiger partial charge in [0.2, 0.25) is 5.91 Å². The Morgan fingerprint density at radius 2 is 1.42 bits per heavy atom. The third-order valence-electron chi connectivity index (χ3n) is 11.1. The molecule has 0 N–H and O–H groups in total. The van der Waals surface area contributed by atoms with Crippen LogP contribution in [0.5, 0.6) is 0 Å². The minimum atomic E-state index is -3.21. The average Bonchev–Trinajstić information content (AvgIpc) is 3.45. The minimum absolute atomic E-state index is 0.0804. The van der Waals surface area contributed by atoms with Gasteiger partial charge >= 0.3 is 11.7 Å². The Kier molecular flexibility index (Phi) is 11.3. The first-order valence-corrected chi connectivity index (χ1v) is 23.2. The molecule has 2 heterocycles. The van der Waals surface area contributed by atoms with Crippen LogP contribution in [-0.4, -0.2) is 59.6 Å². The Bertz CT molecular complexity index is 2240. The summed E-state index contributed by atoms with van der Waals surface area (Å²) in [6.07, 6.45) is 0.805. The number of Topliss-reactive ketones (excluding diaryl/α,β-unsaturated/α-hetero) is 1. The Morgan fingerprint density at radius 1 is 0.891 bits per heavy atom. The number of hydrogen-bond acceptors (Lipinski definition) is 7. The molecule has 286 valence electrons. The molecule has 1 unspecified atom stereocenters. The van der Waals surface area contributed by atoms with Gasteiger partial charge in [-0.05, 0) is 59.2 Å². The molecule has 3 atom stereocenters. The third kappa shape index (κ3) is 7.26. The molecule has 1 fully saturated rings. The number of likely N-dealkylation sites (tertiary alicyclic amines) is 1. The van der Waals surface area contributed by atoms with Gasteiger partial charge in [0.1, 0.15) is 12.0 Å². The first-order valence-electron chi connectivity index (χ1n) is 18.5. The summed E-state index contributed by atoms with van der Waals surface area (Å²) in [4.78, 5) is 58.3. The van der Waals surface area contributed by atoms with Gasteiger partial charge in [-0.15, -0.1) is 0 Å². The molecule has 9 nitrogen and oxygen atoms in total. The van der Waals surface area contributed by atoms with Crippen LogP contribution in [0.1, 0.15) is 44.5 Å². The summed E-state index contributed by atoms with van der Waals surface area (Å²) in [7, 11) is -0.792. The molecule has 11 heteroatoms. The maximum atomic E-state index is 15.1. The molecule has 1 aliphatic rings. The van der Waals surface area contributed by atoms with Crippen molar-refractivity contribution >= 4 is 65.3 Å². The number of rotatable bonds is 13. The average molecular weight is 777 g/mol. The molecule has 55 heavy (non-hydrogen) atoms. The third-order valence-corrected chi connectivity index (χ3v) is 19.9. The molecule has 1 saturated heterocycles. The van der Waals surface area contributed by atoms with Crippen LogP contribution in [-0.2, 0) is 25.8 Å². The monoisotopic (exact) mass is 776 g/mol. The smallest absolute Gasteiger partial charge is 0.419 e. The molecule has 5 aromatic rings. The van der Waals surface area contributed by atoms with Gasteiger partial charge in [-0.3, -0.25) is 14.2 Å². The van der Waals surface area contributed by atoms with E-state index in [0.717, 1.165) is 15.9 Å². The number of esters is 1. The zero-order valence-electron chi connectivity index (χ0n) is 32.5. The Labute approximate surface area is 323 Å². The first-order chi connectivity index (χ1) is 26.1. The van der Waals surface area contributed by atoms with Gasteiger partial charge in [-0.2, -0.15) is 0 Å². The molecule has 0 radical (unpaired) electrons. The number of aromatic nitrogens is 1. The van der Waals surface area contributed by atoms with E-state index in [4.69, 9.17) is 13.6 Å². The molecule has 0 aliphatic carbocycles. The number of oxazole rings is 1. The topological polar surface area (TPSA) is 108 Å². The number of ketones is 1. The van der Waals surface area contributed by atoms with Crippen molar-refractivity contribution in [3.63, 3.8) is 0 Å². The zero-order chi connectivity index (χ0) is 39.7. The van der Waals surface area contributed by atoms with Crippen LogP contribution in [0.3, 0.4) is 0 Å². The number of aryl methyl sites for hydroxylation is 1. The summed E-state index contributed by atoms with van der Waals surface area (Å²) in [5.41, 5.74) is 1.35. The minimum Gasteiger partial charge on any atom is -0.457 e. The van der Waals surface area contributed by atoms with Gasteiger partial charge in [0, 0.05) is 25.9 Å². The quantitative estimate of drug-likeness (QED) is 0.0324. The lowest BCUT2D eigenvalue weighted by molar-refractivity contribution is -0.156. The van der Waals surface area contributed by atoms with Gasteiger partial charge < -0.3 is 18.5 Å². The van der Waals surface area contributed by atoms with Crippen LogP contribution in [0.15, 0.2) is 131 Å². The highest BCUT2D eigenvalue weighted by Crippen LogP contribution is 2.51. The molecule has 0 bridgehead atoms. The van der Waals surface area contributed by atoms with E-state index in [9.17, 15) is 14.4 Å². The van der Waals surface area contributed by atoms with Crippen molar-refractivity contribution in [2.75, 3.05) is 6.61 Å². The number of amides is 1. The number of carbonyl (C=O) groups is 3. The number of β-lactam (4-membered cyclic amide) rings is 1. The lowest BCUT2D eigenvalue weighted by Gasteiger charge is -2.53. The molecule has 6 rings (SSSR count). The number of fused-ring (bicyclic) bond motifs is 1. The summed E-state index contributed by atoms with van der Waals surface area (Å²) >= 11 is 0. The summed E-state index contributed by atoms with van der Waals surface area (Å²) in [5, 5.41) is 2.38. The van der Waals surface area contributed by atoms with Crippen LogP contribution >= 0.6 is 6.89 Å². The van der Waals surface area contributed by atoms with E-state index in [1.165, 1.54) is 10.6 Å². The zero-order valence-corrected chi connectivity index (χ0v) is 34.4. The normalized spacial score (nSPS) is 16.7. The van der Waals surface area contributed by atoms with Gasteiger partial charge in [0.25, 0.3) is 0 Å². The molecular formula is C44H49N2O7PSi. The van der Waals surface area contributed by atoms with E-state index in [1.54, 1.807) is 30.1 Å². The maximum absolute atomic E-state index is 15.1. The Balaban J connectivity index is 1.63. The SMILES string of the molecule is C=CCOC(=O)C(N1C(=O)[C@H](C(C)O[Si](C)(C)C(C)(C)C)[C@H]1CC(=O)c1ccc2c(c1)oc(=O)n2C)=P(c1ccccc1)(c1ccccc1)c1ccccc1. The van der Waals surface area contributed by atoms with Crippen LogP contribution in [0.2, 0.25) is 18.1 Å². The van der Waals surface area contributed by atoms with Crippen LogP contribution in [0, 0.1) is 5.92 Å².